The molecule has 0 aliphatic rings. The van der Waals surface area contributed by atoms with E-state index in [4.69, 9.17) is 4.74 Å². The lowest BCUT2D eigenvalue weighted by Crippen LogP contribution is -2.12. The minimum atomic E-state index is -0.223. The van der Waals surface area contributed by atoms with Crippen LogP contribution in [0.3, 0.4) is 0 Å². The molecule has 0 heterocycles. The van der Waals surface area contributed by atoms with Crippen LogP contribution in [0.1, 0.15) is 71.6 Å². The predicted octanol–water partition coefficient (Wildman–Crippen LogP) is 4.28. The van der Waals surface area contributed by atoms with Gasteiger partial charge in [-0.05, 0) is 19.8 Å². The summed E-state index contributed by atoms with van der Waals surface area (Å²) in [6.45, 7) is 7.47. The lowest BCUT2D eigenvalue weighted by Gasteiger charge is -2.10. The van der Waals surface area contributed by atoms with Gasteiger partial charge in [0, 0.05) is 6.92 Å². The van der Waals surface area contributed by atoms with Crippen molar-refractivity contribution in [1.29, 1.82) is 0 Å². The van der Waals surface area contributed by atoms with Gasteiger partial charge in [0.2, 0.25) is 0 Å². The molecule has 1 atom stereocenters. The van der Waals surface area contributed by atoms with Crippen LogP contribution in [0.5, 0.6) is 0 Å². The fourth-order valence-corrected chi connectivity index (χ4v) is 1.80. The van der Waals surface area contributed by atoms with Crippen molar-refractivity contribution in [1.82, 2.24) is 0 Å². The topological polar surface area (TPSA) is 26.3 Å². The second-order valence-corrected chi connectivity index (χ2v) is 4.49. The molecule has 0 saturated heterocycles. The Bertz CT molecular complexity index is 166. The number of hydrogen-bond donors (Lipinski definition) is 0. The molecule has 0 aliphatic carbocycles. The summed E-state index contributed by atoms with van der Waals surface area (Å²) in [6, 6.07) is 0. The molecule has 0 N–H and O–H groups in total. The Kier molecular flexibility index (Phi) is 10.6. The number of ether oxygens (including phenoxy) is 1. The predicted molar refractivity (Wildman–Crippen MR) is 68.1 cm³/mol. The van der Waals surface area contributed by atoms with E-state index in [9.17, 15) is 4.79 Å². The Morgan fingerprint density at radius 3 is 2.06 bits per heavy atom. The highest BCUT2D eigenvalue weighted by atomic mass is 16.5. The van der Waals surface area contributed by atoms with E-state index in [0.29, 0.717) is 0 Å². The molecule has 0 bridgehead atoms. The average molecular weight is 227 g/mol. The summed E-state index contributed by atoms with van der Waals surface area (Å²) in [5, 5.41) is 0. The molecule has 1 radical (unpaired) electrons. The van der Waals surface area contributed by atoms with E-state index in [0.717, 1.165) is 12.8 Å². The van der Waals surface area contributed by atoms with E-state index in [1.807, 2.05) is 0 Å². The van der Waals surface area contributed by atoms with Crippen LogP contribution in [0.2, 0.25) is 0 Å². The number of rotatable bonds is 10. The Balaban J connectivity index is 3.11. The van der Waals surface area contributed by atoms with Crippen molar-refractivity contribution in [3.63, 3.8) is 0 Å². The monoisotopic (exact) mass is 227 g/mol. The summed E-state index contributed by atoms with van der Waals surface area (Å²) in [5.74, 6) is -0.223. The second-order valence-electron chi connectivity index (χ2n) is 4.49. The van der Waals surface area contributed by atoms with Gasteiger partial charge < -0.3 is 4.74 Å². The first-order valence-corrected chi connectivity index (χ1v) is 6.67. The largest absolute Gasteiger partial charge is 0.463 e. The van der Waals surface area contributed by atoms with Crippen LogP contribution in [-0.2, 0) is 9.53 Å². The van der Waals surface area contributed by atoms with Gasteiger partial charge in [-0.15, -0.1) is 0 Å². The Morgan fingerprint density at radius 2 is 1.56 bits per heavy atom. The molecule has 0 aromatic rings. The Morgan fingerprint density at radius 1 is 1.06 bits per heavy atom. The number of carbonyl (C=O) groups excluding carboxylic acids is 1. The minimum absolute atomic E-state index is 0.155. The SMILES string of the molecule is [CH2][C@@H](CCCCCCCCCC)OC(C)=O. The van der Waals surface area contributed by atoms with Crippen molar-refractivity contribution in [2.24, 2.45) is 0 Å². The van der Waals surface area contributed by atoms with Crippen molar-refractivity contribution in [3.05, 3.63) is 6.92 Å². The van der Waals surface area contributed by atoms with Crippen LogP contribution in [0.15, 0.2) is 0 Å². The molecular formula is C14H27O2. The van der Waals surface area contributed by atoms with Crippen molar-refractivity contribution in [2.45, 2.75) is 77.7 Å². The quantitative estimate of drug-likeness (QED) is 0.411. The van der Waals surface area contributed by atoms with E-state index >= 15 is 0 Å². The Hall–Kier alpha value is -0.530. The number of carbonyl (C=O) groups is 1. The van der Waals surface area contributed by atoms with E-state index in [1.165, 1.54) is 51.9 Å². The number of esters is 1. The first kappa shape index (κ1) is 15.5. The van der Waals surface area contributed by atoms with E-state index < -0.39 is 0 Å². The molecule has 0 aliphatic heterocycles. The molecule has 0 saturated carbocycles. The number of unbranched alkanes of at least 4 members (excludes halogenated alkanes) is 7. The molecular weight excluding hydrogens is 200 g/mol. The van der Waals surface area contributed by atoms with Gasteiger partial charge in [-0.25, -0.2) is 0 Å². The molecule has 0 rings (SSSR count). The lowest BCUT2D eigenvalue weighted by atomic mass is 10.1. The van der Waals surface area contributed by atoms with Gasteiger partial charge in [0.15, 0.2) is 0 Å². The van der Waals surface area contributed by atoms with E-state index in [1.54, 1.807) is 0 Å². The van der Waals surface area contributed by atoms with Crippen LogP contribution in [0.4, 0.5) is 0 Å². The Labute approximate surface area is 101 Å². The third-order valence-corrected chi connectivity index (χ3v) is 2.71. The first-order valence-electron chi connectivity index (χ1n) is 6.67. The zero-order valence-electron chi connectivity index (χ0n) is 11.0. The summed E-state index contributed by atoms with van der Waals surface area (Å²) in [5.41, 5.74) is 0. The first-order chi connectivity index (χ1) is 7.66. The van der Waals surface area contributed by atoms with Crippen molar-refractivity contribution in [3.8, 4) is 0 Å². The van der Waals surface area contributed by atoms with E-state index in [-0.39, 0.29) is 12.1 Å². The second kappa shape index (κ2) is 11.0. The molecule has 2 heteroatoms. The molecule has 0 aromatic carbocycles. The molecule has 0 unspecified atom stereocenters. The maximum Gasteiger partial charge on any atom is 0.302 e. The van der Waals surface area contributed by atoms with Gasteiger partial charge >= 0.3 is 5.97 Å². The normalized spacial score (nSPS) is 12.4. The van der Waals surface area contributed by atoms with Crippen LogP contribution < -0.4 is 0 Å². The van der Waals surface area contributed by atoms with Crippen LogP contribution >= 0.6 is 0 Å². The van der Waals surface area contributed by atoms with Crippen LogP contribution in [-0.4, -0.2) is 12.1 Å². The van der Waals surface area contributed by atoms with Crippen molar-refractivity contribution >= 4 is 5.97 Å². The third kappa shape index (κ3) is 11.5. The third-order valence-electron chi connectivity index (χ3n) is 2.71. The maximum absolute atomic E-state index is 10.6. The van der Waals surface area contributed by atoms with Crippen molar-refractivity contribution < 1.29 is 9.53 Å². The molecule has 16 heavy (non-hydrogen) atoms. The van der Waals surface area contributed by atoms with Gasteiger partial charge in [0.1, 0.15) is 6.10 Å². The van der Waals surface area contributed by atoms with Gasteiger partial charge in [-0.2, -0.15) is 0 Å². The summed E-state index contributed by atoms with van der Waals surface area (Å²) >= 11 is 0. The summed E-state index contributed by atoms with van der Waals surface area (Å²) in [4.78, 5) is 10.6. The average Bonchev–Trinajstić information content (AvgIpc) is 2.21. The molecule has 95 valence electrons. The maximum atomic E-state index is 10.6. The van der Waals surface area contributed by atoms with Crippen molar-refractivity contribution in [2.75, 3.05) is 0 Å². The zero-order chi connectivity index (χ0) is 12.2. The lowest BCUT2D eigenvalue weighted by molar-refractivity contribution is -0.144. The highest BCUT2D eigenvalue weighted by molar-refractivity contribution is 5.66. The smallest absolute Gasteiger partial charge is 0.302 e. The summed E-state index contributed by atoms with van der Waals surface area (Å²) in [6.07, 6.45) is 11.2. The molecule has 0 spiro atoms. The molecule has 0 fully saturated rings. The van der Waals surface area contributed by atoms with Crippen LogP contribution in [0, 0.1) is 6.92 Å². The fourth-order valence-electron chi connectivity index (χ4n) is 1.80. The standard InChI is InChI=1S/C14H27O2/c1-4-5-6-7-8-9-10-11-12-13(2)16-14(3)15/h13H,2,4-12H2,1,3H3/t13-/m0/s1. The van der Waals surface area contributed by atoms with Crippen LogP contribution in [0.25, 0.3) is 0 Å². The summed E-state index contributed by atoms with van der Waals surface area (Å²) in [7, 11) is 0. The molecule has 0 amide bonds. The van der Waals surface area contributed by atoms with E-state index in [2.05, 4.69) is 13.8 Å². The highest BCUT2D eigenvalue weighted by Gasteiger charge is 2.04. The summed E-state index contributed by atoms with van der Waals surface area (Å²) < 4.78 is 4.96. The zero-order valence-corrected chi connectivity index (χ0v) is 11.0. The van der Waals surface area contributed by atoms with Gasteiger partial charge in [0.25, 0.3) is 0 Å². The van der Waals surface area contributed by atoms with Gasteiger partial charge in [0.05, 0.1) is 0 Å². The molecule has 0 aromatic heterocycles. The fraction of sp³-hybridized carbons (Fsp3) is 0.857. The van der Waals surface area contributed by atoms with Gasteiger partial charge in [-0.3, -0.25) is 4.79 Å². The number of hydrogen-bond acceptors (Lipinski definition) is 2. The van der Waals surface area contributed by atoms with Gasteiger partial charge in [-0.1, -0.05) is 51.9 Å². The minimum Gasteiger partial charge on any atom is -0.463 e. The molecule has 2 nitrogen and oxygen atoms in total. The highest BCUT2D eigenvalue weighted by Crippen LogP contribution is 2.11.